The van der Waals surface area contributed by atoms with Gasteiger partial charge in [0, 0.05) is 25.2 Å². The summed E-state index contributed by atoms with van der Waals surface area (Å²) in [7, 11) is 1.74. The standard InChI is InChI=1S/C17H21FN2O2/c1-17(2,3)22-16(21)19(4)14-9-12-8-13(18)7-11-5-6-20(10-14)15(11)12/h5-8,14H,9-10H2,1-4H3/t14-/m1/s1. The van der Waals surface area contributed by atoms with Gasteiger partial charge in [0.1, 0.15) is 11.4 Å². The quantitative estimate of drug-likeness (QED) is 0.807. The van der Waals surface area contributed by atoms with Crippen LogP contribution in [0.3, 0.4) is 0 Å². The Morgan fingerprint density at radius 3 is 2.82 bits per heavy atom. The highest BCUT2D eigenvalue weighted by Gasteiger charge is 2.29. The first-order chi connectivity index (χ1) is 10.2. The van der Waals surface area contributed by atoms with Gasteiger partial charge in [-0.05, 0) is 51.0 Å². The van der Waals surface area contributed by atoms with Crippen molar-refractivity contribution in [1.29, 1.82) is 0 Å². The Morgan fingerprint density at radius 1 is 1.41 bits per heavy atom. The number of ether oxygens (including phenoxy) is 1. The van der Waals surface area contributed by atoms with Crippen molar-refractivity contribution in [3.05, 3.63) is 35.8 Å². The number of benzene rings is 1. The van der Waals surface area contributed by atoms with E-state index in [1.54, 1.807) is 24.1 Å². The van der Waals surface area contributed by atoms with E-state index in [1.807, 2.05) is 33.0 Å². The van der Waals surface area contributed by atoms with Crippen LogP contribution in [0.1, 0.15) is 26.3 Å². The van der Waals surface area contributed by atoms with Crippen LogP contribution in [-0.4, -0.2) is 34.3 Å². The zero-order valence-corrected chi connectivity index (χ0v) is 13.4. The molecule has 1 aliphatic heterocycles. The first-order valence-electron chi connectivity index (χ1n) is 7.48. The molecule has 1 aromatic carbocycles. The van der Waals surface area contributed by atoms with E-state index in [-0.39, 0.29) is 18.0 Å². The van der Waals surface area contributed by atoms with Crippen molar-refractivity contribution < 1.29 is 13.9 Å². The molecule has 1 aliphatic rings. The van der Waals surface area contributed by atoms with Gasteiger partial charge >= 0.3 is 6.09 Å². The molecule has 0 fully saturated rings. The minimum Gasteiger partial charge on any atom is -0.444 e. The highest BCUT2D eigenvalue weighted by Crippen LogP contribution is 2.29. The van der Waals surface area contributed by atoms with E-state index in [1.165, 1.54) is 0 Å². The summed E-state index contributed by atoms with van der Waals surface area (Å²) in [6.07, 6.45) is 2.23. The molecule has 0 N–H and O–H groups in total. The van der Waals surface area contributed by atoms with Crippen molar-refractivity contribution in [2.24, 2.45) is 0 Å². The van der Waals surface area contributed by atoms with Crippen molar-refractivity contribution in [2.75, 3.05) is 7.05 Å². The molecule has 1 aromatic heterocycles. The van der Waals surface area contributed by atoms with E-state index in [2.05, 4.69) is 4.57 Å². The van der Waals surface area contributed by atoms with E-state index < -0.39 is 5.60 Å². The second kappa shape index (κ2) is 5.00. The number of likely N-dealkylation sites (N-methyl/N-ethyl adjacent to an activating group) is 1. The van der Waals surface area contributed by atoms with Crippen LogP contribution in [-0.2, 0) is 17.7 Å². The molecule has 0 bridgehead atoms. The number of hydrogen-bond donors (Lipinski definition) is 0. The van der Waals surface area contributed by atoms with Crippen LogP contribution in [0.5, 0.6) is 0 Å². The normalized spacial score (nSPS) is 17.6. The van der Waals surface area contributed by atoms with Crippen LogP contribution in [0.2, 0.25) is 0 Å². The molecule has 1 atom stereocenters. The van der Waals surface area contributed by atoms with Gasteiger partial charge in [0.25, 0.3) is 0 Å². The fraction of sp³-hybridized carbons (Fsp3) is 0.471. The minimum atomic E-state index is -0.523. The largest absolute Gasteiger partial charge is 0.444 e. The van der Waals surface area contributed by atoms with Crippen LogP contribution in [0.4, 0.5) is 9.18 Å². The lowest BCUT2D eigenvalue weighted by Crippen LogP contribution is -2.45. The Morgan fingerprint density at radius 2 is 2.14 bits per heavy atom. The molecule has 0 saturated heterocycles. The number of nitrogens with zero attached hydrogens (tertiary/aromatic N) is 2. The first-order valence-corrected chi connectivity index (χ1v) is 7.48. The van der Waals surface area contributed by atoms with Crippen LogP contribution >= 0.6 is 0 Å². The molecule has 0 aliphatic carbocycles. The number of rotatable bonds is 1. The van der Waals surface area contributed by atoms with Crippen molar-refractivity contribution in [1.82, 2.24) is 9.47 Å². The summed E-state index contributed by atoms with van der Waals surface area (Å²) in [6.45, 7) is 6.23. The van der Waals surface area contributed by atoms with Crippen LogP contribution in [0.15, 0.2) is 24.4 Å². The molecular weight excluding hydrogens is 283 g/mol. The Bertz CT molecular complexity index is 730. The van der Waals surface area contributed by atoms with Gasteiger partial charge in [-0.25, -0.2) is 9.18 Å². The maximum Gasteiger partial charge on any atom is 0.410 e. The molecule has 4 nitrogen and oxygen atoms in total. The lowest BCUT2D eigenvalue weighted by Gasteiger charge is -2.33. The van der Waals surface area contributed by atoms with Crippen LogP contribution in [0, 0.1) is 5.82 Å². The molecule has 5 heteroatoms. The zero-order chi connectivity index (χ0) is 16.1. The average molecular weight is 304 g/mol. The summed E-state index contributed by atoms with van der Waals surface area (Å²) in [5.41, 5.74) is 1.48. The van der Waals surface area contributed by atoms with Gasteiger partial charge in [-0.3, -0.25) is 0 Å². The molecule has 22 heavy (non-hydrogen) atoms. The lowest BCUT2D eigenvalue weighted by atomic mass is 9.99. The summed E-state index contributed by atoms with van der Waals surface area (Å²) in [4.78, 5) is 13.9. The predicted octanol–water partition coefficient (Wildman–Crippen LogP) is 3.57. The summed E-state index contributed by atoms with van der Waals surface area (Å²) in [5.74, 6) is -0.235. The van der Waals surface area contributed by atoms with Crippen LogP contribution in [0.25, 0.3) is 10.9 Å². The van der Waals surface area contributed by atoms with E-state index in [0.29, 0.717) is 13.0 Å². The molecule has 0 unspecified atom stereocenters. The van der Waals surface area contributed by atoms with Gasteiger partial charge in [-0.1, -0.05) is 0 Å². The van der Waals surface area contributed by atoms with Gasteiger partial charge in [0.15, 0.2) is 0 Å². The van der Waals surface area contributed by atoms with Gasteiger partial charge < -0.3 is 14.2 Å². The first kappa shape index (κ1) is 14.9. The number of carbonyl (C=O) groups is 1. The van der Waals surface area contributed by atoms with Gasteiger partial charge in [-0.15, -0.1) is 0 Å². The van der Waals surface area contributed by atoms with Gasteiger partial charge in [-0.2, -0.15) is 0 Å². The Kier molecular flexibility index (Phi) is 3.38. The number of carbonyl (C=O) groups excluding carboxylic acids is 1. The monoisotopic (exact) mass is 304 g/mol. The topological polar surface area (TPSA) is 34.5 Å². The fourth-order valence-corrected chi connectivity index (χ4v) is 3.00. The third-order valence-electron chi connectivity index (χ3n) is 4.00. The van der Waals surface area contributed by atoms with E-state index in [4.69, 9.17) is 4.74 Å². The average Bonchev–Trinajstić information content (AvgIpc) is 2.79. The Hall–Kier alpha value is -2.04. The smallest absolute Gasteiger partial charge is 0.410 e. The highest BCUT2D eigenvalue weighted by atomic mass is 19.1. The number of halogens is 1. The summed E-state index contributed by atoms with van der Waals surface area (Å²) in [6, 6.07) is 4.98. The van der Waals surface area contributed by atoms with Crippen molar-refractivity contribution in [2.45, 2.75) is 45.4 Å². The molecular formula is C17H21FN2O2. The zero-order valence-electron chi connectivity index (χ0n) is 13.4. The Balaban J connectivity index is 1.86. The molecule has 118 valence electrons. The molecule has 0 radical (unpaired) electrons. The highest BCUT2D eigenvalue weighted by molar-refractivity contribution is 5.84. The van der Waals surface area contributed by atoms with Crippen molar-refractivity contribution in [3.8, 4) is 0 Å². The molecule has 2 aromatic rings. The SMILES string of the molecule is CN(C(=O)OC(C)(C)C)[C@@H]1Cc2cc(F)cc3ccn(c23)C1. The number of amides is 1. The summed E-state index contributed by atoms with van der Waals surface area (Å²) < 4.78 is 21.2. The van der Waals surface area contributed by atoms with Crippen molar-refractivity contribution in [3.63, 3.8) is 0 Å². The molecule has 0 saturated carbocycles. The fourth-order valence-electron chi connectivity index (χ4n) is 3.00. The van der Waals surface area contributed by atoms with Gasteiger partial charge in [0.2, 0.25) is 0 Å². The van der Waals surface area contributed by atoms with E-state index >= 15 is 0 Å². The molecule has 0 spiro atoms. The second-order valence-corrected chi connectivity index (χ2v) is 6.92. The second-order valence-electron chi connectivity index (χ2n) is 6.92. The Labute approximate surface area is 129 Å². The number of aromatic nitrogens is 1. The molecule has 1 amide bonds. The summed E-state index contributed by atoms with van der Waals surface area (Å²) in [5, 5.41) is 0.911. The number of hydrogen-bond acceptors (Lipinski definition) is 2. The maximum atomic E-state index is 13.7. The third-order valence-corrected chi connectivity index (χ3v) is 4.00. The third kappa shape index (κ3) is 2.67. The molecule has 2 heterocycles. The van der Waals surface area contributed by atoms with E-state index in [0.717, 1.165) is 16.5 Å². The summed E-state index contributed by atoms with van der Waals surface area (Å²) >= 11 is 0. The predicted molar refractivity (Wildman–Crippen MR) is 83.4 cm³/mol. The maximum absolute atomic E-state index is 13.7. The van der Waals surface area contributed by atoms with E-state index in [9.17, 15) is 9.18 Å². The van der Waals surface area contributed by atoms with Gasteiger partial charge in [0.05, 0.1) is 11.6 Å². The van der Waals surface area contributed by atoms with Crippen LogP contribution < -0.4 is 0 Å². The minimum absolute atomic E-state index is 0.0419. The lowest BCUT2D eigenvalue weighted by molar-refractivity contribution is 0.0204. The van der Waals surface area contributed by atoms with Crippen molar-refractivity contribution >= 4 is 17.0 Å². The molecule has 3 rings (SSSR count).